The van der Waals surface area contributed by atoms with Gasteiger partial charge in [0.25, 0.3) is 0 Å². The van der Waals surface area contributed by atoms with E-state index in [2.05, 4.69) is 5.32 Å². The van der Waals surface area contributed by atoms with Crippen LogP contribution in [0.5, 0.6) is 0 Å². The minimum Gasteiger partial charge on any atom is -0.342 e. The number of halogens is 3. The average Bonchev–Trinajstić information content (AvgIpc) is 3.34. The summed E-state index contributed by atoms with van der Waals surface area (Å²) in [4.78, 5) is 14.4. The molecule has 1 aromatic rings. The topological polar surface area (TPSA) is 32.3 Å². The van der Waals surface area contributed by atoms with Crippen LogP contribution >= 0.6 is 0 Å². The van der Waals surface area contributed by atoms with E-state index in [-0.39, 0.29) is 23.8 Å². The summed E-state index contributed by atoms with van der Waals surface area (Å²) in [7, 11) is 1.82. The maximum absolute atomic E-state index is 12.8. The molecule has 1 heterocycles. The number of rotatable bonds is 3. The molecule has 2 atom stereocenters. The number of alkyl halides is 3. The molecule has 2 unspecified atom stereocenters. The van der Waals surface area contributed by atoms with Crippen LogP contribution in [0.1, 0.15) is 36.3 Å². The van der Waals surface area contributed by atoms with Crippen molar-refractivity contribution < 1.29 is 18.0 Å². The van der Waals surface area contributed by atoms with Crippen LogP contribution in [-0.4, -0.2) is 37.0 Å². The predicted octanol–water partition coefficient (Wildman–Crippen LogP) is 3.02. The van der Waals surface area contributed by atoms with Gasteiger partial charge in [-0.25, -0.2) is 0 Å². The molecular formula is C17H21F3N2O. The second-order valence-electron chi connectivity index (χ2n) is 6.50. The van der Waals surface area contributed by atoms with Gasteiger partial charge in [0, 0.05) is 19.0 Å². The van der Waals surface area contributed by atoms with Crippen molar-refractivity contribution in [1.82, 2.24) is 10.2 Å². The Bertz CT molecular complexity index is 581. The SMILES string of the molecule is CN(C(=O)C1CC1c1cccc(C(F)(F)F)c1)C1CCNCC1. The highest BCUT2D eigenvalue weighted by molar-refractivity contribution is 5.83. The Kier molecular flexibility index (Phi) is 4.36. The second-order valence-corrected chi connectivity index (χ2v) is 6.50. The number of hydrogen-bond acceptors (Lipinski definition) is 2. The molecule has 1 aliphatic heterocycles. The summed E-state index contributed by atoms with van der Waals surface area (Å²) >= 11 is 0. The number of piperidine rings is 1. The molecule has 3 rings (SSSR count). The van der Waals surface area contributed by atoms with Crippen molar-refractivity contribution >= 4 is 5.91 Å². The third-order valence-corrected chi connectivity index (χ3v) is 4.95. The van der Waals surface area contributed by atoms with Crippen LogP contribution in [0.4, 0.5) is 13.2 Å². The van der Waals surface area contributed by atoms with Crippen molar-refractivity contribution in [3.63, 3.8) is 0 Å². The maximum Gasteiger partial charge on any atom is 0.416 e. The van der Waals surface area contributed by atoms with Crippen LogP contribution in [0.25, 0.3) is 0 Å². The maximum atomic E-state index is 12.8. The van der Waals surface area contributed by atoms with Gasteiger partial charge in [-0.3, -0.25) is 4.79 Å². The zero-order valence-electron chi connectivity index (χ0n) is 13.1. The summed E-state index contributed by atoms with van der Waals surface area (Å²) in [5.41, 5.74) is -0.0169. The Morgan fingerprint density at radius 3 is 2.61 bits per heavy atom. The summed E-state index contributed by atoms with van der Waals surface area (Å²) in [5.74, 6) is -0.174. The largest absolute Gasteiger partial charge is 0.416 e. The number of carbonyl (C=O) groups is 1. The van der Waals surface area contributed by atoms with Gasteiger partial charge in [-0.1, -0.05) is 18.2 Å². The Balaban J connectivity index is 1.65. The first-order valence-electron chi connectivity index (χ1n) is 8.02. The first-order chi connectivity index (χ1) is 10.9. The molecule has 2 aliphatic rings. The number of nitrogens with zero attached hydrogens (tertiary/aromatic N) is 1. The van der Waals surface area contributed by atoms with Crippen molar-refractivity contribution in [3.8, 4) is 0 Å². The average molecular weight is 326 g/mol. The molecule has 126 valence electrons. The fourth-order valence-corrected chi connectivity index (χ4v) is 3.42. The molecule has 2 fully saturated rings. The highest BCUT2D eigenvalue weighted by Crippen LogP contribution is 2.49. The molecule has 0 aromatic heterocycles. The Hall–Kier alpha value is -1.56. The summed E-state index contributed by atoms with van der Waals surface area (Å²) in [6, 6.07) is 5.62. The number of amides is 1. The molecule has 23 heavy (non-hydrogen) atoms. The van der Waals surface area contributed by atoms with E-state index in [1.54, 1.807) is 11.0 Å². The quantitative estimate of drug-likeness (QED) is 0.926. The van der Waals surface area contributed by atoms with E-state index in [1.807, 2.05) is 7.05 Å². The summed E-state index contributed by atoms with van der Waals surface area (Å²) in [6.45, 7) is 1.81. The van der Waals surface area contributed by atoms with E-state index in [0.717, 1.165) is 32.0 Å². The van der Waals surface area contributed by atoms with Crippen molar-refractivity contribution in [3.05, 3.63) is 35.4 Å². The van der Waals surface area contributed by atoms with Crippen LogP contribution in [-0.2, 0) is 11.0 Å². The Labute approximate surface area is 133 Å². The standard InChI is InChI=1S/C17H21F3N2O/c1-22(13-5-7-21-8-6-13)16(23)15-10-14(15)11-3-2-4-12(9-11)17(18,19)20/h2-4,9,13-15,21H,5-8,10H2,1H3. The molecule has 6 heteroatoms. The normalized spacial score (nSPS) is 25.2. The van der Waals surface area contributed by atoms with E-state index in [4.69, 9.17) is 0 Å². The van der Waals surface area contributed by atoms with E-state index >= 15 is 0 Å². The molecule has 0 spiro atoms. The van der Waals surface area contributed by atoms with Crippen molar-refractivity contribution in [1.29, 1.82) is 0 Å². The van der Waals surface area contributed by atoms with Crippen molar-refractivity contribution in [2.24, 2.45) is 5.92 Å². The van der Waals surface area contributed by atoms with E-state index in [1.165, 1.54) is 12.1 Å². The van der Waals surface area contributed by atoms with Crippen LogP contribution in [0.15, 0.2) is 24.3 Å². The second kappa shape index (κ2) is 6.15. The highest BCUT2D eigenvalue weighted by Gasteiger charge is 2.46. The zero-order valence-corrected chi connectivity index (χ0v) is 13.1. The molecule has 1 aromatic carbocycles. The lowest BCUT2D eigenvalue weighted by Crippen LogP contribution is -2.44. The molecule has 1 N–H and O–H groups in total. The summed E-state index contributed by atoms with van der Waals surface area (Å²) in [5, 5.41) is 3.26. The van der Waals surface area contributed by atoms with Crippen molar-refractivity contribution in [2.45, 2.75) is 37.4 Å². The van der Waals surface area contributed by atoms with E-state index in [9.17, 15) is 18.0 Å². The summed E-state index contributed by atoms with van der Waals surface area (Å²) < 4.78 is 38.4. The Morgan fingerprint density at radius 1 is 1.26 bits per heavy atom. The predicted molar refractivity (Wildman–Crippen MR) is 81.0 cm³/mol. The molecular weight excluding hydrogens is 305 g/mol. The van der Waals surface area contributed by atoms with Gasteiger partial charge in [-0.05, 0) is 49.9 Å². The third kappa shape index (κ3) is 3.52. The van der Waals surface area contributed by atoms with E-state index < -0.39 is 11.7 Å². The third-order valence-electron chi connectivity index (χ3n) is 4.95. The van der Waals surface area contributed by atoms with Crippen molar-refractivity contribution in [2.75, 3.05) is 20.1 Å². The lowest BCUT2D eigenvalue weighted by Gasteiger charge is -2.32. The smallest absolute Gasteiger partial charge is 0.342 e. The molecule has 1 saturated heterocycles. The van der Waals surface area contributed by atoms with Gasteiger partial charge in [0.1, 0.15) is 0 Å². The zero-order chi connectivity index (χ0) is 16.6. The molecule has 0 bridgehead atoms. The van der Waals surface area contributed by atoms with Gasteiger partial charge in [-0.15, -0.1) is 0 Å². The highest BCUT2D eigenvalue weighted by atomic mass is 19.4. The van der Waals surface area contributed by atoms with Gasteiger partial charge in [0.2, 0.25) is 5.91 Å². The molecule has 1 amide bonds. The monoisotopic (exact) mass is 326 g/mol. The van der Waals surface area contributed by atoms with Crippen LogP contribution in [0, 0.1) is 5.92 Å². The summed E-state index contributed by atoms with van der Waals surface area (Å²) in [6.07, 6.45) is -1.82. The molecule has 1 aliphatic carbocycles. The Morgan fingerprint density at radius 2 is 1.96 bits per heavy atom. The van der Waals surface area contributed by atoms with Crippen LogP contribution in [0.3, 0.4) is 0 Å². The molecule has 1 saturated carbocycles. The minimum absolute atomic E-state index is 0.0688. The minimum atomic E-state index is -4.34. The van der Waals surface area contributed by atoms with Crippen LogP contribution < -0.4 is 5.32 Å². The van der Waals surface area contributed by atoms with Gasteiger partial charge >= 0.3 is 6.18 Å². The van der Waals surface area contributed by atoms with E-state index in [0.29, 0.717) is 12.0 Å². The van der Waals surface area contributed by atoms with Gasteiger partial charge in [0.15, 0.2) is 0 Å². The molecule has 0 radical (unpaired) electrons. The fourth-order valence-electron chi connectivity index (χ4n) is 3.42. The number of nitrogens with one attached hydrogen (secondary N) is 1. The van der Waals surface area contributed by atoms with Gasteiger partial charge in [-0.2, -0.15) is 13.2 Å². The number of benzene rings is 1. The molecule has 3 nitrogen and oxygen atoms in total. The lowest BCUT2D eigenvalue weighted by atomic mass is 10.0. The first kappa shape index (κ1) is 16.3. The van der Waals surface area contributed by atoms with Gasteiger partial charge < -0.3 is 10.2 Å². The van der Waals surface area contributed by atoms with Gasteiger partial charge in [0.05, 0.1) is 5.56 Å². The lowest BCUT2D eigenvalue weighted by molar-refractivity contribution is -0.137. The van der Waals surface area contributed by atoms with Crippen LogP contribution in [0.2, 0.25) is 0 Å². The fraction of sp³-hybridized carbons (Fsp3) is 0.588. The number of carbonyl (C=O) groups excluding carboxylic acids is 1. The number of hydrogen-bond donors (Lipinski definition) is 1. The first-order valence-corrected chi connectivity index (χ1v) is 8.02.